The van der Waals surface area contributed by atoms with E-state index in [0.29, 0.717) is 12.8 Å². The van der Waals surface area contributed by atoms with Crippen LogP contribution in [0.3, 0.4) is 0 Å². The lowest BCUT2D eigenvalue weighted by Crippen LogP contribution is -1.98. The normalized spacial score (nSPS) is 12.6. The predicted octanol–water partition coefficient (Wildman–Crippen LogP) is 9.26. The van der Waals surface area contributed by atoms with Crippen molar-refractivity contribution < 1.29 is 19.8 Å². The highest BCUT2D eigenvalue weighted by atomic mass is 16.4. The van der Waals surface area contributed by atoms with Gasteiger partial charge in [-0.05, 0) is 24.7 Å². The van der Waals surface area contributed by atoms with Gasteiger partial charge < -0.3 is 10.2 Å². The molecule has 0 saturated carbocycles. The molecule has 0 spiro atoms. The van der Waals surface area contributed by atoms with E-state index >= 15 is 0 Å². The number of unbranched alkanes of at least 4 members (excludes halogenated alkanes) is 10. The van der Waals surface area contributed by atoms with Gasteiger partial charge in [-0.25, -0.2) is 0 Å². The molecule has 0 saturated heterocycles. The molecule has 4 heteroatoms. The zero-order chi connectivity index (χ0) is 24.5. The zero-order valence-corrected chi connectivity index (χ0v) is 22.0. The van der Waals surface area contributed by atoms with Gasteiger partial charge in [0.05, 0.1) is 0 Å². The summed E-state index contributed by atoms with van der Waals surface area (Å²) in [6, 6.07) is 0. The Bertz CT molecular complexity index is 408. The van der Waals surface area contributed by atoms with Crippen LogP contribution in [-0.4, -0.2) is 22.2 Å². The van der Waals surface area contributed by atoms with Crippen molar-refractivity contribution in [3.63, 3.8) is 0 Å². The Kier molecular flexibility index (Phi) is 27.1. The molecule has 0 radical (unpaired) electrons. The van der Waals surface area contributed by atoms with Crippen LogP contribution in [0.2, 0.25) is 0 Å². The van der Waals surface area contributed by atoms with Crippen molar-refractivity contribution in [2.24, 2.45) is 11.8 Å². The largest absolute Gasteiger partial charge is 0.481 e. The van der Waals surface area contributed by atoms with Crippen LogP contribution in [0.4, 0.5) is 0 Å². The Morgan fingerprint density at radius 3 is 1.25 bits per heavy atom. The molecule has 0 fully saturated rings. The van der Waals surface area contributed by atoms with Crippen LogP contribution < -0.4 is 0 Å². The molecular weight excluding hydrogens is 400 g/mol. The van der Waals surface area contributed by atoms with E-state index in [2.05, 4.69) is 27.7 Å². The van der Waals surface area contributed by atoms with Crippen LogP contribution in [0.15, 0.2) is 0 Å². The van der Waals surface area contributed by atoms with Crippen molar-refractivity contribution in [3.8, 4) is 0 Å². The fourth-order valence-electron chi connectivity index (χ4n) is 4.01. The second kappa shape index (κ2) is 26.2. The Balaban J connectivity index is 0. The first-order valence-corrected chi connectivity index (χ1v) is 13.8. The first-order chi connectivity index (χ1) is 15.3. The SMILES string of the molecule is CCCCC(C)CCCCCCCC(C)CCCCC(=O)O.CCCCCCCC(=O)O. The summed E-state index contributed by atoms with van der Waals surface area (Å²) in [5, 5.41) is 16.9. The van der Waals surface area contributed by atoms with E-state index in [4.69, 9.17) is 10.2 Å². The van der Waals surface area contributed by atoms with Gasteiger partial charge in [-0.15, -0.1) is 0 Å². The van der Waals surface area contributed by atoms with Gasteiger partial charge in [0.1, 0.15) is 0 Å². The molecule has 2 unspecified atom stereocenters. The number of rotatable bonds is 22. The molecule has 192 valence electrons. The van der Waals surface area contributed by atoms with Gasteiger partial charge in [0.2, 0.25) is 0 Å². The minimum Gasteiger partial charge on any atom is -0.481 e. The van der Waals surface area contributed by atoms with Gasteiger partial charge in [0, 0.05) is 12.8 Å². The Morgan fingerprint density at radius 1 is 0.500 bits per heavy atom. The minimum absolute atomic E-state index is 0.337. The maximum absolute atomic E-state index is 10.4. The molecule has 0 bridgehead atoms. The molecule has 0 aliphatic heterocycles. The van der Waals surface area contributed by atoms with Gasteiger partial charge in [0.15, 0.2) is 0 Å². The predicted molar refractivity (Wildman–Crippen MR) is 137 cm³/mol. The van der Waals surface area contributed by atoms with E-state index in [9.17, 15) is 9.59 Å². The summed E-state index contributed by atoms with van der Waals surface area (Å²) in [4.78, 5) is 20.5. The average Bonchev–Trinajstić information content (AvgIpc) is 2.74. The van der Waals surface area contributed by atoms with E-state index in [1.807, 2.05) is 0 Å². The maximum atomic E-state index is 10.4. The topological polar surface area (TPSA) is 74.6 Å². The first kappa shape index (κ1) is 33.1. The molecule has 0 rings (SSSR count). The van der Waals surface area contributed by atoms with Gasteiger partial charge in [-0.2, -0.15) is 0 Å². The molecule has 2 N–H and O–H groups in total. The van der Waals surface area contributed by atoms with Crippen LogP contribution in [0, 0.1) is 11.8 Å². The van der Waals surface area contributed by atoms with Crippen molar-refractivity contribution >= 4 is 11.9 Å². The highest BCUT2D eigenvalue weighted by Gasteiger charge is 2.04. The van der Waals surface area contributed by atoms with E-state index < -0.39 is 11.9 Å². The molecular formula is C28H56O4. The standard InChI is InChI=1S/C20H40O2.C8H16O2/c1-4-5-13-18(2)14-9-7-6-8-10-15-19(3)16-11-12-17-20(21)22;1-2-3-4-5-6-7-8(9)10/h18-19H,4-17H2,1-3H3,(H,21,22);2-7H2,1H3,(H,9,10). The summed E-state index contributed by atoms with van der Waals surface area (Å²) < 4.78 is 0. The number of hydrogen-bond acceptors (Lipinski definition) is 2. The highest BCUT2D eigenvalue weighted by Crippen LogP contribution is 2.19. The van der Waals surface area contributed by atoms with Crippen molar-refractivity contribution in [1.82, 2.24) is 0 Å². The molecule has 0 heterocycles. The Morgan fingerprint density at radius 2 is 0.812 bits per heavy atom. The number of carboxylic acids is 2. The number of aliphatic carboxylic acids is 2. The molecule has 0 aromatic carbocycles. The van der Waals surface area contributed by atoms with Crippen molar-refractivity contribution in [1.29, 1.82) is 0 Å². The first-order valence-electron chi connectivity index (χ1n) is 13.8. The van der Waals surface area contributed by atoms with Crippen LogP contribution in [0.25, 0.3) is 0 Å². The van der Waals surface area contributed by atoms with Crippen molar-refractivity contribution in [2.45, 2.75) is 156 Å². The number of carboxylic acid groups (broad SMARTS) is 2. The Labute approximate surface area is 200 Å². The van der Waals surface area contributed by atoms with Crippen molar-refractivity contribution in [3.05, 3.63) is 0 Å². The lowest BCUT2D eigenvalue weighted by Gasteiger charge is -2.11. The second-order valence-corrected chi connectivity index (χ2v) is 9.90. The molecule has 0 aromatic heterocycles. The molecule has 0 aromatic rings. The summed E-state index contributed by atoms with van der Waals surface area (Å²) in [7, 11) is 0. The van der Waals surface area contributed by atoms with Gasteiger partial charge in [0.25, 0.3) is 0 Å². The lowest BCUT2D eigenvalue weighted by molar-refractivity contribution is -0.138. The monoisotopic (exact) mass is 456 g/mol. The third-order valence-corrected chi connectivity index (χ3v) is 6.28. The quantitative estimate of drug-likeness (QED) is 0.159. The summed E-state index contributed by atoms with van der Waals surface area (Å²) in [6.45, 7) is 9.15. The van der Waals surface area contributed by atoms with E-state index in [-0.39, 0.29) is 0 Å². The van der Waals surface area contributed by atoms with Crippen LogP contribution in [-0.2, 0) is 9.59 Å². The third-order valence-electron chi connectivity index (χ3n) is 6.28. The summed E-state index contributed by atoms with van der Waals surface area (Å²) in [6.07, 6.45) is 23.2. The average molecular weight is 457 g/mol. The lowest BCUT2D eigenvalue weighted by atomic mass is 9.95. The van der Waals surface area contributed by atoms with Gasteiger partial charge in [-0.1, -0.05) is 130 Å². The van der Waals surface area contributed by atoms with Crippen molar-refractivity contribution in [2.75, 3.05) is 0 Å². The van der Waals surface area contributed by atoms with Crippen LogP contribution in [0.1, 0.15) is 156 Å². The van der Waals surface area contributed by atoms with E-state index in [0.717, 1.165) is 37.5 Å². The van der Waals surface area contributed by atoms with Crippen LogP contribution in [0.5, 0.6) is 0 Å². The van der Waals surface area contributed by atoms with Gasteiger partial charge >= 0.3 is 11.9 Å². The fraction of sp³-hybridized carbons (Fsp3) is 0.929. The fourth-order valence-corrected chi connectivity index (χ4v) is 4.01. The van der Waals surface area contributed by atoms with Crippen LogP contribution >= 0.6 is 0 Å². The smallest absolute Gasteiger partial charge is 0.303 e. The zero-order valence-electron chi connectivity index (χ0n) is 22.0. The molecule has 0 amide bonds. The molecule has 0 aliphatic carbocycles. The highest BCUT2D eigenvalue weighted by molar-refractivity contribution is 5.66. The van der Waals surface area contributed by atoms with E-state index in [1.54, 1.807) is 0 Å². The Hall–Kier alpha value is -1.06. The molecule has 32 heavy (non-hydrogen) atoms. The summed E-state index contributed by atoms with van der Waals surface area (Å²) >= 11 is 0. The van der Waals surface area contributed by atoms with E-state index in [1.165, 1.54) is 89.9 Å². The molecule has 0 aliphatic rings. The molecule has 2 atom stereocenters. The van der Waals surface area contributed by atoms with Gasteiger partial charge in [-0.3, -0.25) is 9.59 Å². The minimum atomic E-state index is -0.670. The number of hydrogen-bond donors (Lipinski definition) is 2. The molecule has 4 nitrogen and oxygen atoms in total. The number of carbonyl (C=O) groups is 2. The summed E-state index contributed by atoms with van der Waals surface area (Å²) in [5.74, 6) is 0.363. The summed E-state index contributed by atoms with van der Waals surface area (Å²) in [5.41, 5.74) is 0. The third kappa shape index (κ3) is 31.1. The maximum Gasteiger partial charge on any atom is 0.303 e. The second-order valence-electron chi connectivity index (χ2n) is 9.90.